The SMILES string of the molecule is Oc1cc(F)cc(-c2cccc3[nH]c(-c4n[nH]c5ccc(-c6ccncc6)nc45)cc23)c1. The maximum Gasteiger partial charge on any atom is 0.135 e. The topological polar surface area (TPSA) is 90.5 Å². The zero-order valence-corrected chi connectivity index (χ0v) is 16.7. The van der Waals surface area contributed by atoms with Crippen molar-refractivity contribution >= 4 is 21.9 Å². The van der Waals surface area contributed by atoms with Gasteiger partial charge in [0.1, 0.15) is 22.8 Å². The number of hydrogen-bond acceptors (Lipinski definition) is 4. The lowest BCUT2D eigenvalue weighted by Gasteiger charge is -2.05. The summed E-state index contributed by atoms with van der Waals surface area (Å²) in [5, 5.41) is 18.3. The molecule has 0 spiro atoms. The van der Waals surface area contributed by atoms with E-state index in [0.29, 0.717) is 11.3 Å². The molecule has 4 aromatic heterocycles. The molecule has 0 aliphatic heterocycles. The van der Waals surface area contributed by atoms with Gasteiger partial charge in [-0.15, -0.1) is 0 Å². The van der Waals surface area contributed by atoms with E-state index in [1.165, 1.54) is 6.07 Å². The summed E-state index contributed by atoms with van der Waals surface area (Å²) in [7, 11) is 0. The average Bonchev–Trinajstić information content (AvgIpc) is 3.42. The van der Waals surface area contributed by atoms with Crippen LogP contribution in [0.15, 0.2) is 79.1 Å². The normalized spacial score (nSPS) is 11.4. The number of benzene rings is 2. The van der Waals surface area contributed by atoms with Gasteiger partial charge in [0.2, 0.25) is 0 Å². The van der Waals surface area contributed by atoms with Crippen molar-refractivity contribution in [3.05, 3.63) is 84.9 Å². The first kappa shape index (κ1) is 18.3. The summed E-state index contributed by atoms with van der Waals surface area (Å²) in [6.45, 7) is 0. The second kappa shape index (κ2) is 7.02. The van der Waals surface area contributed by atoms with Crippen LogP contribution in [-0.2, 0) is 0 Å². The molecule has 4 heterocycles. The molecule has 6 aromatic rings. The van der Waals surface area contributed by atoms with E-state index in [4.69, 9.17) is 4.98 Å². The highest BCUT2D eigenvalue weighted by atomic mass is 19.1. The van der Waals surface area contributed by atoms with Crippen LogP contribution in [0.1, 0.15) is 0 Å². The summed E-state index contributed by atoms with van der Waals surface area (Å²) >= 11 is 0. The molecule has 0 saturated heterocycles. The molecule has 0 atom stereocenters. The Morgan fingerprint density at radius 2 is 1.72 bits per heavy atom. The van der Waals surface area contributed by atoms with Crippen LogP contribution >= 0.6 is 0 Å². The molecule has 0 bridgehead atoms. The van der Waals surface area contributed by atoms with E-state index < -0.39 is 5.82 Å². The van der Waals surface area contributed by atoms with Crippen LogP contribution in [0.2, 0.25) is 0 Å². The van der Waals surface area contributed by atoms with Crippen molar-refractivity contribution in [2.24, 2.45) is 0 Å². The van der Waals surface area contributed by atoms with E-state index in [0.717, 1.165) is 50.5 Å². The smallest absolute Gasteiger partial charge is 0.135 e. The first-order valence-corrected chi connectivity index (χ1v) is 10.0. The Bertz CT molecular complexity index is 1580. The summed E-state index contributed by atoms with van der Waals surface area (Å²) in [5.74, 6) is -0.599. The maximum absolute atomic E-state index is 13.9. The molecule has 6 nitrogen and oxygen atoms in total. The molecule has 32 heavy (non-hydrogen) atoms. The number of pyridine rings is 2. The Morgan fingerprint density at radius 1 is 0.844 bits per heavy atom. The number of H-pyrrole nitrogens is 2. The van der Waals surface area contributed by atoms with Crippen LogP contribution in [0.4, 0.5) is 4.39 Å². The van der Waals surface area contributed by atoms with Crippen LogP contribution in [0, 0.1) is 5.82 Å². The van der Waals surface area contributed by atoms with Crippen LogP contribution in [-0.4, -0.2) is 30.3 Å². The van der Waals surface area contributed by atoms with Gasteiger partial charge in [-0.2, -0.15) is 5.10 Å². The van der Waals surface area contributed by atoms with Gasteiger partial charge in [-0.3, -0.25) is 10.1 Å². The number of nitrogens with zero attached hydrogens (tertiary/aromatic N) is 3. The van der Waals surface area contributed by atoms with E-state index in [1.54, 1.807) is 18.5 Å². The molecule has 0 unspecified atom stereocenters. The van der Waals surface area contributed by atoms with E-state index in [9.17, 15) is 9.50 Å². The molecule has 6 rings (SSSR count). The molecule has 0 fully saturated rings. The van der Waals surface area contributed by atoms with Gasteiger partial charge in [0.25, 0.3) is 0 Å². The van der Waals surface area contributed by atoms with E-state index >= 15 is 0 Å². The maximum atomic E-state index is 13.9. The fraction of sp³-hybridized carbons (Fsp3) is 0. The van der Waals surface area contributed by atoms with Gasteiger partial charge in [-0.05, 0) is 59.7 Å². The summed E-state index contributed by atoms with van der Waals surface area (Å²) in [6, 6.07) is 19.5. The number of rotatable bonds is 3. The summed E-state index contributed by atoms with van der Waals surface area (Å²) in [4.78, 5) is 12.3. The lowest BCUT2D eigenvalue weighted by molar-refractivity contribution is 0.469. The molecule has 2 aromatic carbocycles. The molecule has 0 aliphatic carbocycles. The minimum Gasteiger partial charge on any atom is -0.508 e. The highest BCUT2D eigenvalue weighted by Crippen LogP contribution is 2.35. The highest BCUT2D eigenvalue weighted by Gasteiger charge is 2.16. The lowest BCUT2D eigenvalue weighted by atomic mass is 10.0. The monoisotopic (exact) mass is 421 g/mol. The zero-order chi connectivity index (χ0) is 21.7. The largest absolute Gasteiger partial charge is 0.508 e. The average molecular weight is 421 g/mol. The Morgan fingerprint density at radius 3 is 2.56 bits per heavy atom. The van der Waals surface area contributed by atoms with Gasteiger partial charge in [0.05, 0.1) is 16.9 Å². The van der Waals surface area contributed by atoms with E-state index in [-0.39, 0.29) is 5.75 Å². The van der Waals surface area contributed by atoms with Gasteiger partial charge in [-0.25, -0.2) is 9.37 Å². The van der Waals surface area contributed by atoms with Gasteiger partial charge in [-0.1, -0.05) is 12.1 Å². The van der Waals surface area contributed by atoms with Gasteiger partial charge in [0.15, 0.2) is 0 Å². The third-order valence-electron chi connectivity index (χ3n) is 5.50. The molecule has 7 heteroatoms. The predicted molar refractivity (Wildman–Crippen MR) is 121 cm³/mol. The highest BCUT2D eigenvalue weighted by molar-refractivity contribution is 6.00. The van der Waals surface area contributed by atoms with Crippen LogP contribution in [0.25, 0.3) is 55.7 Å². The molecule has 154 valence electrons. The van der Waals surface area contributed by atoms with Crippen LogP contribution < -0.4 is 0 Å². The Hall–Kier alpha value is -4.52. The molecule has 0 amide bonds. The Kier molecular flexibility index (Phi) is 4.01. The van der Waals surface area contributed by atoms with Crippen LogP contribution in [0.5, 0.6) is 5.75 Å². The third kappa shape index (κ3) is 2.99. The van der Waals surface area contributed by atoms with E-state index in [1.807, 2.05) is 48.5 Å². The predicted octanol–water partition coefficient (Wildman–Crippen LogP) is 5.68. The number of aromatic hydroxyl groups is 1. The van der Waals surface area contributed by atoms with Crippen molar-refractivity contribution in [1.82, 2.24) is 25.1 Å². The first-order valence-electron chi connectivity index (χ1n) is 10.0. The zero-order valence-electron chi connectivity index (χ0n) is 16.7. The van der Waals surface area contributed by atoms with Crippen molar-refractivity contribution in [2.75, 3.05) is 0 Å². The van der Waals surface area contributed by atoms with Crippen molar-refractivity contribution in [2.45, 2.75) is 0 Å². The molecule has 0 saturated carbocycles. The van der Waals surface area contributed by atoms with Crippen molar-refractivity contribution in [3.8, 4) is 39.5 Å². The number of aromatic amines is 2. The molecule has 0 radical (unpaired) electrons. The van der Waals surface area contributed by atoms with Crippen LogP contribution in [0.3, 0.4) is 0 Å². The van der Waals surface area contributed by atoms with Crippen molar-refractivity contribution in [3.63, 3.8) is 0 Å². The van der Waals surface area contributed by atoms with Crippen molar-refractivity contribution < 1.29 is 9.50 Å². The van der Waals surface area contributed by atoms with Crippen molar-refractivity contribution in [1.29, 1.82) is 0 Å². The summed E-state index contributed by atoms with van der Waals surface area (Å²) < 4.78 is 13.9. The number of phenolic OH excluding ortho intramolecular Hbond substituents is 1. The summed E-state index contributed by atoms with van der Waals surface area (Å²) in [5.41, 5.74) is 7.14. The first-order chi connectivity index (χ1) is 15.7. The quantitative estimate of drug-likeness (QED) is 0.343. The van der Waals surface area contributed by atoms with Gasteiger partial charge in [0, 0.05) is 34.9 Å². The molecule has 0 aliphatic rings. The number of nitrogens with one attached hydrogen (secondary N) is 2. The molecular weight excluding hydrogens is 405 g/mol. The van der Waals surface area contributed by atoms with E-state index in [2.05, 4.69) is 20.2 Å². The fourth-order valence-corrected chi connectivity index (χ4v) is 4.03. The lowest BCUT2D eigenvalue weighted by Crippen LogP contribution is -1.86. The Labute approximate surface area is 181 Å². The number of halogens is 1. The number of fused-ring (bicyclic) bond motifs is 2. The Balaban J connectivity index is 1.52. The molecule has 3 N–H and O–H groups in total. The second-order valence-corrected chi connectivity index (χ2v) is 7.55. The van der Waals surface area contributed by atoms with Gasteiger partial charge >= 0.3 is 0 Å². The standard InChI is InChI=1S/C25H16FN5O/c26-16-10-15(11-17(32)12-16)18-2-1-3-21-19(18)13-23(28-21)25-24-22(30-31-25)5-4-20(29-24)14-6-8-27-9-7-14/h1-13,28,32H,(H,30,31). The molecular formula is C25H16FN5O. The number of aromatic nitrogens is 5. The summed E-state index contributed by atoms with van der Waals surface area (Å²) in [6.07, 6.45) is 3.47. The minimum absolute atomic E-state index is 0.112. The van der Waals surface area contributed by atoms with Gasteiger partial charge < -0.3 is 10.1 Å². The number of phenols is 1. The number of hydrogen-bond donors (Lipinski definition) is 3. The minimum atomic E-state index is -0.487. The second-order valence-electron chi connectivity index (χ2n) is 7.55. The third-order valence-corrected chi connectivity index (χ3v) is 5.50. The fourth-order valence-electron chi connectivity index (χ4n) is 4.03.